The van der Waals surface area contributed by atoms with Crippen molar-refractivity contribution in [3.63, 3.8) is 0 Å². The first kappa shape index (κ1) is 16.4. The number of pyridine rings is 1. The van der Waals surface area contributed by atoms with E-state index < -0.39 is 0 Å². The normalized spacial score (nSPS) is 9.43. The molecule has 23 heavy (non-hydrogen) atoms. The fourth-order valence-corrected chi connectivity index (χ4v) is 1.76. The van der Waals surface area contributed by atoms with Crippen LogP contribution < -0.4 is 14.8 Å². The fourth-order valence-electron chi connectivity index (χ4n) is 1.76. The number of nitrogens with zero attached hydrogens (tertiary/aromatic N) is 1. The molecular weight excluding hydrogens is 292 g/mol. The molecule has 2 rings (SSSR count). The molecule has 5 nitrogen and oxygen atoms in total. The van der Waals surface area contributed by atoms with Crippen molar-refractivity contribution in [1.82, 2.24) is 10.3 Å². The Morgan fingerprint density at radius 2 is 1.96 bits per heavy atom. The van der Waals surface area contributed by atoms with Crippen LogP contribution >= 0.6 is 0 Å². The Bertz CT molecular complexity index is 673. The van der Waals surface area contributed by atoms with E-state index in [0.717, 1.165) is 5.75 Å². The summed E-state index contributed by atoms with van der Waals surface area (Å²) in [6, 6.07) is 10.6. The van der Waals surface area contributed by atoms with Crippen molar-refractivity contribution in [1.29, 1.82) is 0 Å². The molecule has 0 aliphatic rings. The molecule has 0 aliphatic heterocycles. The molecule has 0 saturated heterocycles. The first-order valence-electron chi connectivity index (χ1n) is 7.29. The van der Waals surface area contributed by atoms with Gasteiger partial charge in [0, 0.05) is 11.8 Å². The largest absolute Gasteiger partial charge is 0.494 e. The first-order chi connectivity index (χ1) is 11.3. The summed E-state index contributed by atoms with van der Waals surface area (Å²) in [5, 5.41) is 2.73. The Balaban J connectivity index is 1.71. The van der Waals surface area contributed by atoms with Crippen molar-refractivity contribution in [2.75, 3.05) is 19.8 Å². The average Bonchev–Trinajstić information content (AvgIpc) is 2.59. The minimum Gasteiger partial charge on any atom is -0.494 e. The number of amides is 1. The summed E-state index contributed by atoms with van der Waals surface area (Å²) >= 11 is 0. The SMILES string of the molecule is CCOc1ccc(C(=O)NCC#CCOc2cccnc2)cc1. The van der Waals surface area contributed by atoms with E-state index in [2.05, 4.69) is 22.1 Å². The molecule has 0 aliphatic carbocycles. The molecule has 1 aromatic carbocycles. The van der Waals surface area contributed by atoms with Crippen LogP contribution in [0.5, 0.6) is 11.5 Å². The van der Waals surface area contributed by atoms with Crippen LogP contribution in [-0.2, 0) is 0 Å². The van der Waals surface area contributed by atoms with Gasteiger partial charge in [0.2, 0.25) is 0 Å². The zero-order valence-corrected chi connectivity index (χ0v) is 12.9. The minimum atomic E-state index is -0.171. The fraction of sp³-hybridized carbons (Fsp3) is 0.222. The molecule has 5 heteroatoms. The molecular formula is C18H18N2O3. The lowest BCUT2D eigenvalue weighted by Gasteiger charge is -2.04. The van der Waals surface area contributed by atoms with Gasteiger partial charge in [-0.3, -0.25) is 9.78 Å². The van der Waals surface area contributed by atoms with Crippen molar-refractivity contribution < 1.29 is 14.3 Å². The third-order valence-corrected chi connectivity index (χ3v) is 2.84. The van der Waals surface area contributed by atoms with Crippen molar-refractivity contribution in [3.8, 4) is 23.3 Å². The molecule has 0 saturated carbocycles. The standard InChI is InChI=1S/C18H18N2O3/c1-2-22-16-9-7-15(8-10-16)18(21)20-12-3-4-13-23-17-6-5-11-19-14-17/h5-11,14H,2,12-13H2,1H3,(H,20,21). The first-order valence-corrected chi connectivity index (χ1v) is 7.29. The zero-order chi connectivity index (χ0) is 16.3. The summed E-state index contributed by atoms with van der Waals surface area (Å²) < 4.78 is 10.7. The topological polar surface area (TPSA) is 60.5 Å². The maximum absolute atomic E-state index is 11.9. The van der Waals surface area contributed by atoms with Gasteiger partial charge in [0.25, 0.3) is 5.91 Å². The highest BCUT2D eigenvalue weighted by atomic mass is 16.5. The Kier molecular flexibility index (Phi) is 6.48. The van der Waals surface area contributed by atoms with Gasteiger partial charge >= 0.3 is 0 Å². The van der Waals surface area contributed by atoms with E-state index in [1.807, 2.05) is 13.0 Å². The number of hydrogen-bond donors (Lipinski definition) is 1. The summed E-state index contributed by atoms with van der Waals surface area (Å²) in [5.74, 6) is 6.91. The minimum absolute atomic E-state index is 0.171. The third-order valence-electron chi connectivity index (χ3n) is 2.84. The molecule has 1 aromatic heterocycles. The lowest BCUT2D eigenvalue weighted by molar-refractivity contribution is 0.0958. The highest BCUT2D eigenvalue weighted by Crippen LogP contribution is 2.11. The van der Waals surface area contributed by atoms with Crippen molar-refractivity contribution in [3.05, 3.63) is 54.4 Å². The highest BCUT2D eigenvalue weighted by Gasteiger charge is 2.03. The van der Waals surface area contributed by atoms with Gasteiger partial charge in [-0.05, 0) is 43.3 Å². The van der Waals surface area contributed by atoms with Gasteiger partial charge in [0.15, 0.2) is 0 Å². The predicted molar refractivity (Wildman–Crippen MR) is 87.5 cm³/mol. The van der Waals surface area contributed by atoms with E-state index in [1.165, 1.54) is 0 Å². The maximum Gasteiger partial charge on any atom is 0.252 e. The number of ether oxygens (including phenoxy) is 2. The molecule has 1 N–H and O–H groups in total. The van der Waals surface area contributed by atoms with Gasteiger partial charge in [-0.15, -0.1) is 0 Å². The van der Waals surface area contributed by atoms with Crippen LogP contribution in [0.1, 0.15) is 17.3 Å². The van der Waals surface area contributed by atoms with Gasteiger partial charge in [-0.1, -0.05) is 11.8 Å². The number of carbonyl (C=O) groups excluding carboxylic acids is 1. The highest BCUT2D eigenvalue weighted by molar-refractivity contribution is 5.94. The van der Waals surface area contributed by atoms with E-state index in [9.17, 15) is 4.79 Å². The van der Waals surface area contributed by atoms with Gasteiger partial charge in [0.05, 0.1) is 19.3 Å². The monoisotopic (exact) mass is 310 g/mol. The van der Waals surface area contributed by atoms with E-state index in [-0.39, 0.29) is 19.1 Å². The van der Waals surface area contributed by atoms with Crippen molar-refractivity contribution in [2.45, 2.75) is 6.92 Å². The second kappa shape index (κ2) is 9.11. The van der Waals surface area contributed by atoms with Crippen LogP contribution in [-0.4, -0.2) is 30.6 Å². The number of rotatable bonds is 6. The number of benzene rings is 1. The number of carbonyl (C=O) groups is 1. The predicted octanol–water partition coefficient (Wildman–Crippen LogP) is 2.29. The van der Waals surface area contributed by atoms with Crippen LogP contribution in [0.15, 0.2) is 48.8 Å². The molecule has 0 bridgehead atoms. The number of nitrogens with one attached hydrogen (secondary N) is 1. The molecule has 1 heterocycles. The summed E-state index contributed by atoms with van der Waals surface area (Å²) in [7, 11) is 0. The Morgan fingerprint density at radius 3 is 2.65 bits per heavy atom. The van der Waals surface area contributed by atoms with Gasteiger partial charge in [0.1, 0.15) is 18.1 Å². The van der Waals surface area contributed by atoms with Gasteiger partial charge in [-0.2, -0.15) is 0 Å². The molecule has 1 amide bonds. The smallest absolute Gasteiger partial charge is 0.252 e. The second-order valence-corrected chi connectivity index (χ2v) is 4.47. The van der Waals surface area contributed by atoms with Crippen molar-refractivity contribution >= 4 is 5.91 Å². The Morgan fingerprint density at radius 1 is 1.13 bits per heavy atom. The number of hydrogen-bond acceptors (Lipinski definition) is 4. The van der Waals surface area contributed by atoms with E-state index in [1.54, 1.807) is 42.7 Å². The molecule has 0 atom stereocenters. The lowest BCUT2D eigenvalue weighted by atomic mass is 10.2. The summed E-state index contributed by atoms with van der Waals surface area (Å²) in [6.07, 6.45) is 3.30. The van der Waals surface area contributed by atoms with Gasteiger partial charge in [-0.25, -0.2) is 0 Å². The number of aromatic nitrogens is 1. The summed E-state index contributed by atoms with van der Waals surface area (Å²) in [6.45, 7) is 3.03. The molecule has 0 unspecified atom stereocenters. The summed E-state index contributed by atoms with van der Waals surface area (Å²) in [5.41, 5.74) is 0.571. The molecule has 2 aromatic rings. The van der Waals surface area contributed by atoms with Crippen LogP contribution in [0.4, 0.5) is 0 Å². The van der Waals surface area contributed by atoms with Crippen LogP contribution in [0.25, 0.3) is 0 Å². The second-order valence-electron chi connectivity index (χ2n) is 4.47. The Labute approximate surface area is 135 Å². The Hall–Kier alpha value is -3.00. The third kappa shape index (κ3) is 5.71. The lowest BCUT2D eigenvalue weighted by Crippen LogP contribution is -2.23. The van der Waals surface area contributed by atoms with E-state index in [0.29, 0.717) is 17.9 Å². The van der Waals surface area contributed by atoms with E-state index >= 15 is 0 Å². The molecule has 0 radical (unpaired) electrons. The quantitative estimate of drug-likeness (QED) is 0.832. The maximum atomic E-state index is 11.9. The van der Waals surface area contributed by atoms with E-state index in [4.69, 9.17) is 9.47 Å². The van der Waals surface area contributed by atoms with Crippen LogP contribution in [0.2, 0.25) is 0 Å². The van der Waals surface area contributed by atoms with Crippen LogP contribution in [0, 0.1) is 11.8 Å². The van der Waals surface area contributed by atoms with Crippen LogP contribution in [0.3, 0.4) is 0 Å². The average molecular weight is 310 g/mol. The van der Waals surface area contributed by atoms with Gasteiger partial charge < -0.3 is 14.8 Å². The zero-order valence-electron chi connectivity index (χ0n) is 12.9. The summed E-state index contributed by atoms with van der Waals surface area (Å²) in [4.78, 5) is 15.8. The molecule has 118 valence electrons. The molecule has 0 fully saturated rings. The van der Waals surface area contributed by atoms with Crippen molar-refractivity contribution in [2.24, 2.45) is 0 Å². The molecule has 0 spiro atoms.